The molecule has 4 nitrogen and oxygen atoms in total. The minimum absolute atomic E-state index is 0.0777. The third-order valence-electron chi connectivity index (χ3n) is 4.60. The summed E-state index contributed by atoms with van der Waals surface area (Å²) in [6.45, 7) is 0.850. The van der Waals surface area contributed by atoms with Gasteiger partial charge in [-0.25, -0.2) is 0 Å². The first kappa shape index (κ1) is 12.8. The summed E-state index contributed by atoms with van der Waals surface area (Å²) in [4.78, 5) is 11.4. The molecule has 17 heavy (non-hydrogen) atoms. The van der Waals surface area contributed by atoms with E-state index < -0.39 is 6.04 Å². The lowest BCUT2D eigenvalue weighted by molar-refractivity contribution is -0.225. The second-order valence-corrected chi connectivity index (χ2v) is 5.84. The second-order valence-electron chi connectivity index (χ2n) is 5.84. The van der Waals surface area contributed by atoms with Crippen molar-refractivity contribution in [3.63, 3.8) is 0 Å². The van der Waals surface area contributed by atoms with Gasteiger partial charge in [0.2, 0.25) is 0 Å². The summed E-state index contributed by atoms with van der Waals surface area (Å²) in [6.07, 6.45) is 6.95. The number of nitrogens with two attached hydrogens (primary N) is 1. The van der Waals surface area contributed by atoms with Crippen LogP contribution >= 0.6 is 0 Å². The molecule has 0 heterocycles. The molecule has 3 saturated carbocycles. The molecule has 3 aliphatic rings. The molecule has 0 spiro atoms. The molecule has 1 atom stereocenters. The van der Waals surface area contributed by atoms with Crippen molar-refractivity contribution in [1.82, 2.24) is 0 Å². The molecule has 4 heteroatoms. The summed E-state index contributed by atoms with van der Waals surface area (Å²) in [7, 11) is 3.15. The third kappa shape index (κ3) is 2.08. The number of ether oxygens (including phenoxy) is 2. The molecule has 0 aromatic heterocycles. The molecular formula is C13H23NO3. The van der Waals surface area contributed by atoms with Crippen LogP contribution in [-0.4, -0.2) is 32.8 Å². The third-order valence-corrected chi connectivity index (χ3v) is 4.60. The van der Waals surface area contributed by atoms with Crippen molar-refractivity contribution in [3.05, 3.63) is 0 Å². The Morgan fingerprint density at radius 3 is 2.47 bits per heavy atom. The largest absolute Gasteiger partial charge is 0.468 e. The van der Waals surface area contributed by atoms with Gasteiger partial charge in [-0.2, -0.15) is 0 Å². The fourth-order valence-electron chi connectivity index (χ4n) is 3.80. The van der Waals surface area contributed by atoms with Gasteiger partial charge in [-0.1, -0.05) is 6.42 Å². The first-order chi connectivity index (χ1) is 8.07. The summed E-state index contributed by atoms with van der Waals surface area (Å²) in [5.41, 5.74) is 6.52. The van der Waals surface area contributed by atoms with Gasteiger partial charge in [0, 0.05) is 13.7 Å². The van der Waals surface area contributed by atoms with Gasteiger partial charge in [0.05, 0.1) is 7.11 Å². The molecule has 0 aromatic rings. The van der Waals surface area contributed by atoms with E-state index in [0.717, 1.165) is 32.3 Å². The summed E-state index contributed by atoms with van der Waals surface area (Å²) < 4.78 is 9.77. The van der Waals surface area contributed by atoms with Gasteiger partial charge in [-0.3, -0.25) is 4.79 Å². The van der Waals surface area contributed by atoms with E-state index in [2.05, 4.69) is 0 Å². The summed E-state index contributed by atoms with van der Waals surface area (Å²) in [6, 6.07) is -0.409. The summed E-state index contributed by atoms with van der Waals surface area (Å²) in [5, 5.41) is 0. The topological polar surface area (TPSA) is 61.5 Å². The monoisotopic (exact) mass is 241 g/mol. The zero-order valence-electron chi connectivity index (χ0n) is 10.8. The first-order valence-electron chi connectivity index (χ1n) is 6.40. The van der Waals surface area contributed by atoms with Crippen LogP contribution in [-0.2, 0) is 14.3 Å². The number of rotatable bonds is 7. The van der Waals surface area contributed by atoms with Crippen LogP contribution in [0.3, 0.4) is 0 Å². The van der Waals surface area contributed by atoms with Gasteiger partial charge in [-0.05, 0) is 42.9 Å². The number of esters is 1. The van der Waals surface area contributed by atoms with Crippen molar-refractivity contribution >= 4 is 5.97 Å². The second kappa shape index (κ2) is 4.58. The van der Waals surface area contributed by atoms with Gasteiger partial charge in [-0.15, -0.1) is 0 Å². The van der Waals surface area contributed by atoms with Crippen LogP contribution in [0.1, 0.15) is 38.5 Å². The molecule has 2 N–H and O–H groups in total. The van der Waals surface area contributed by atoms with Crippen LogP contribution in [0.4, 0.5) is 0 Å². The zero-order valence-corrected chi connectivity index (χ0v) is 10.8. The highest BCUT2D eigenvalue weighted by Gasteiger charge is 2.70. The van der Waals surface area contributed by atoms with E-state index in [1.54, 1.807) is 7.11 Å². The van der Waals surface area contributed by atoms with Crippen LogP contribution < -0.4 is 5.73 Å². The van der Waals surface area contributed by atoms with Gasteiger partial charge < -0.3 is 15.2 Å². The predicted octanol–water partition coefficient (Wildman–Crippen LogP) is 1.47. The van der Waals surface area contributed by atoms with E-state index in [9.17, 15) is 4.79 Å². The normalized spacial score (nSPS) is 35.7. The maximum absolute atomic E-state index is 11.4. The Morgan fingerprint density at radius 2 is 1.94 bits per heavy atom. The van der Waals surface area contributed by atoms with Crippen molar-refractivity contribution in [2.75, 3.05) is 20.8 Å². The van der Waals surface area contributed by atoms with E-state index in [4.69, 9.17) is 15.2 Å². The highest BCUT2D eigenvalue weighted by Crippen LogP contribution is 2.76. The molecule has 0 radical (unpaired) electrons. The Balaban J connectivity index is 1.71. The minimum atomic E-state index is -0.409. The molecule has 1 unspecified atom stereocenters. The predicted molar refractivity (Wildman–Crippen MR) is 64.4 cm³/mol. The summed E-state index contributed by atoms with van der Waals surface area (Å²) in [5.74, 6) is -0.252. The van der Waals surface area contributed by atoms with E-state index in [-0.39, 0.29) is 11.4 Å². The average Bonchev–Trinajstić information content (AvgIpc) is 2.23. The van der Waals surface area contributed by atoms with Gasteiger partial charge in [0.25, 0.3) is 0 Å². The standard InChI is InChI=1S/C13H23NO3/c1-16-6-4-3-5-12-7-13(8-12,9-12)10(14)11(15)17-2/h10H,3-9,14H2,1-2H3. The van der Waals surface area contributed by atoms with E-state index in [1.165, 1.54) is 20.0 Å². The van der Waals surface area contributed by atoms with Gasteiger partial charge >= 0.3 is 5.97 Å². The van der Waals surface area contributed by atoms with Crippen LogP contribution in [0.5, 0.6) is 0 Å². The van der Waals surface area contributed by atoms with Gasteiger partial charge in [0.15, 0.2) is 0 Å². The number of hydrogen-bond acceptors (Lipinski definition) is 4. The Labute approximate surface area is 103 Å². The Hall–Kier alpha value is -0.610. The lowest BCUT2D eigenvalue weighted by Crippen LogP contribution is -2.70. The molecule has 3 fully saturated rings. The Morgan fingerprint density at radius 1 is 1.29 bits per heavy atom. The maximum Gasteiger partial charge on any atom is 0.323 e. The molecule has 0 saturated heterocycles. The van der Waals surface area contributed by atoms with E-state index in [0.29, 0.717) is 5.41 Å². The molecular weight excluding hydrogens is 218 g/mol. The fourth-order valence-corrected chi connectivity index (χ4v) is 3.80. The molecule has 0 aromatic carbocycles. The molecule has 3 aliphatic carbocycles. The van der Waals surface area contributed by atoms with E-state index in [1.807, 2.05) is 0 Å². The zero-order chi connectivity index (χ0) is 12.5. The lowest BCUT2D eigenvalue weighted by atomic mass is 9.32. The van der Waals surface area contributed by atoms with Gasteiger partial charge in [0.1, 0.15) is 6.04 Å². The molecule has 98 valence electrons. The lowest BCUT2D eigenvalue weighted by Gasteiger charge is -2.72. The fraction of sp³-hybridized carbons (Fsp3) is 0.923. The average molecular weight is 241 g/mol. The summed E-state index contributed by atoms with van der Waals surface area (Å²) >= 11 is 0. The van der Waals surface area contributed by atoms with E-state index >= 15 is 0 Å². The van der Waals surface area contributed by atoms with Crippen LogP contribution in [0.25, 0.3) is 0 Å². The molecule has 2 bridgehead atoms. The molecule has 0 aliphatic heterocycles. The SMILES string of the molecule is COCCCCC12CC(C(N)C(=O)OC)(C1)C2. The Kier molecular flexibility index (Phi) is 3.46. The number of hydrogen-bond donors (Lipinski definition) is 1. The van der Waals surface area contributed by atoms with Crippen molar-refractivity contribution in [3.8, 4) is 0 Å². The van der Waals surface area contributed by atoms with Crippen molar-refractivity contribution < 1.29 is 14.3 Å². The highest BCUT2D eigenvalue weighted by atomic mass is 16.5. The number of carbonyl (C=O) groups is 1. The van der Waals surface area contributed by atoms with Crippen molar-refractivity contribution in [2.45, 2.75) is 44.6 Å². The maximum atomic E-state index is 11.4. The van der Waals surface area contributed by atoms with Crippen molar-refractivity contribution in [1.29, 1.82) is 0 Å². The number of methoxy groups -OCH3 is 2. The number of carbonyl (C=O) groups excluding carboxylic acids is 1. The Bertz CT molecular complexity index is 283. The van der Waals surface area contributed by atoms with Crippen LogP contribution in [0.2, 0.25) is 0 Å². The first-order valence-corrected chi connectivity index (χ1v) is 6.40. The number of unbranched alkanes of at least 4 members (excludes halogenated alkanes) is 1. The highest BCUT2D eigenvalue weighted by molar-refractivity contribution is 5.77. The van der Waals surface area contributed by atoms with Crippen LogP contribution in [0, 0.1) is 10.8 Å². The molecule has 0 amide bonds. The smallest absolute Gasteiger partial charge is 0.323 e. The molecule has 3 rings (SSSR count). The van der Waals surface area contributed by atoms with Crippen molar-refractivity contribution in [2.24, 2.45) is 16.6 Å². The minimum Gasteiger partial charge on any atom is -0.468 e. The quantitative estimate of drug-likeness (QED) is 0.541. The van der Waals surface area contributed by atoms with Crippen LogP contribution in [0.15, 0.2) is 0 Å².